The maximum absolute atomic E-state index is 4.30. The minimum absolute atomic E-state index is 0.726. The van der Waals surface area contributed by atoms with Gasteiger partial charge in [0.15, 0.2) is 5.82 Å². The molecule has 1 fully saturated rings. The van der Waals surface area contributed by atoms with Crippen LogP contribution in [0.4, 0.5) is 5.82 Å². The molecule has 1 aliphatic carbocycles. The molecule has 1 aromatic heterocycles. The zero-order valence-electron chi connectivity index (χ0n) is 9.97. The summed E-state index contributed by atoms with van der Waals surface area (Å²) in [6, 6.07) is 4.88. The van der Waals surface area contributed by atoms with Crippen LogP contribution in [0, 0.1) is 0 Å². The quantitative estimate of drug-likeness (QED) is 0.796. The molecular weight excluding hydrogens is 212 g/mol. The SMILES string of the molecule is C1=CCN(c2ccc(CNC3CC3)nn2)CC1. The Balaban J connectivity index is 1.60. The third-order valence-electron chi connectivity index (χ3n) is 3.24. The van der Waals surface area contributed by atoms with E-state index >= 15 is 0 Å². The number of nitrogens with zero attached hydrogens (tertiary/aromatic N) is 3. The van der Waals surface area contributed by atoms with E-state index in [4.69, 9.17) is 0 Å². The highest BCUT2D eigenvalue weighted by molar-refractivity contribution is 5.39. The molecule has 90 valence electrons. The van der Waals surface area contributed by atoms with Crippen LogP contribution >= 0.6 is 0 Å². The van der Waals surface area contributed by atoms with Gasteiger partial charge in [-0.05, 0) is 31.4 Å². The molecule has 1 aliphatic heterocycles. The molecule has 4 nitrogen and oxygen atoms in total. The van der Waals surface area contributed by atoms with Crippen molar-refractivity contribution in [3.05, 3.63) is 30.0 Å². The van der Waals surface area contributed by atoms with Gasteiger partial charge in [0.1, 0.15) is 0 Å². The van der Waals surface area contributed by atoms with Gasteiger partial charge in [-0.3, -0.25) is 0 Å². The summed E-state index contributed by atoms with van der Waals surface area (Å²) in [5.74, 6) is 0.990. The summed E-state index contributed by atoms with van der Waals surface area (Å²) < 4.78 is 0. The van der Waals surface area contributed by atoms with Gasteiger partial charge in [0.25, 0.3) is 0 Å². The van der Waals surface area contributed by atoms with Crippen molar-refractivity contribution in [2.45, 2.75) is 31.8 Å². The van der Waals surface area contributed by atoms with E-state index in [0.717, 1.165) is 43.6 Å². The van der Waals surface area contributed by atoms with E-state index < -0.39 is 0 Å². The van der Waals surface area contributed by atoms with Crippen molar-refractivity contribution < 1.29 is 0 Å². The van der Waals surface area contributed by atoms with Crippen molar-refractivity contribution in [3.63, 3.8) is 0 Å². The van der Waals surface area contributed by atoms with Crippen LogP contribution in [0.1, 0.15) is 25.0 Å². The fraction of sp³-hybridized carbons (Fsp3) is 0.538. The molecule has 2 heterocycles. The van der Waals surface area contributed by atoms with E-state index in [0.29, 0.717) is 0 Å². The van der Waals surface area contributed by atoms with E-state index in [-0.39, 0.29) is 0 Å². The molecule has 0 atom stereocenters. The molecule has 3 rings (SSSR count). The van der Waals surface area contributed by atoms with Gasteiger partial charge in [-0.15, -0.1) is 5.10 Å². The van der Waals surface area contributed by atoms with Crippen molar-refractivity contribution >= 4 is 5.82 Å². The Morgan fingerprint density at radius 2 is 2.18 bits per heavy atom. The van der Waals surface area contributed by atoms with Crippen LogP contribution < -0.4 is 10.2 Å². The highest BCUT2D eigenvalue weighted by atomic mass is 15.3. The van der Waals surface area contributed by atoms with E-state index in [1.54, 1.807) is 0 Å². The maximum atomic E-state index is 4.30. The molecule has 2 aliphatic rings. The van der Waals surface area contributed by atoms with Gasteiger partial charge in [0.2, 0.25) is 0 Å². The molecule has 4 heteroatoms. The fourth-order valence-electron chi connectivity index (χ4n) is 2.00. The van der Waals surface area contributed by atoms with Gasteiger partial charge < -0.3 is 10.2 Å². The van der Waals surface area contributed by atoms with Crippen molar-refractivity contribution in [1.82, 2.24) is 15.5 Å². The summed E-state index contributed by atoms with van der Waals surface area (Å²) in [5, 5.41) is 12.0. The molecular formula is C13H18N4. The first-order valence-electron chi connectivity index (χ1n) is 6.38. The highest BCUT2D eigenvalue weighted by Crippen LogP contribution is 2.19. The Hall–Kier alpha value is -1.42. The molecule has 1 saturated carbocycles. The van der Waals surface area contributed by atoms with Crippen LogP contribution in [-0.4, -0.2) is 29.3 Å². The Kier molecular flexibility index (Phi) is 3.05. The topological polar surface area (TPSA) is 41.0 Å². The van der Waals surface area contributed by atoms with Gasteiger partial charge >= 0.3 is 0 Å². The lowest BCUT2D eigenvalue weighted by Crippen LogP contribution is -2.28. The largest absolute Gasteiger partial charge is 0.351 e. The average molecular weight is 230 g/mol. The Bertz CT molecular complexity index is 394. The standard InChI is InChI=1S/C13H18N4/c1-2-8-17(9-3-1)13-7-6-12(15-16-13)10-14-11-4-5-11/h1-2,6-7,11,14H,3-5,8-10H2. The number of hydrogen-bond acceptors (Lipinski definition) is 4. The first kappa shape index (κ1) is 10.7. The first-order valence-corrected chi connectivity index (χ1v) is 6.38. The summed E-state index contributed by atoms with van der Waals surface area (Å²) in [7, 11) is 0. The Labute approximate surface area is 102 Å². The van der Waals surface area contributed by atoms with E-state index in [1.807, 2.05) is 0 Å². The monoisotopic (exact) mass is 230 g/mol. The zero-order valence-corrected chi connectivity index (χ0v) is 9.97. The summed E-state index contributed by atoms with van der Waals surface area (Å²) in [6.45, 7) is 2.84. The van der Waals surface area contributed by atoms with E-state index in [1.165, 1.54) is 12.8 Å². The van der Waals surface area contributed by atoms with Gasteiger partial charge in [0.05, 0.1) is 5.69 Å². The highest BCUT2D eigenvalue weighted by Gasteiger charge is 2.20. The molecule has 0 aromatic carbocycles. The lowest BCUT2D eigenvalue weighted by atomic mass is 10.2. The van der Waals surface area contributed by atoms with E-state index in [9.17, 15) is 0 Å². The second-order valence-electron chi connectivity index (χ2n) is 4.74. The number of hydrogen-bond donors (Lipinski definition) is 1. The van der Waals surface area contributed by atoms with Crippen molar-refractivity contribution in [3.8, 4) is 0 Å². The number of rotatable bonds is 4. The Morgan fingerprint density at radius 1 is 1.24 bits per heavy atom. The second kappa shape index (κ2) is 4.84. The summed E-state index contributed by atoms with van der Waals surface area (Å²) in [4.78, 5) is 2.26. The number of aromatic nitrogens is 2. The molecule has 0 radical (unpaired) electrons. The molecule has 0 unspecified atom stereocenters. The van der Waals surface area contributed by atoms with Crippen LogP contribution in [0.25, 0.3) is 0 Å². The molecule has 0 amide bonds. The van der Waals surface area contributed by atoms with Crippen molar-refractivity contribution in [2.75, 3.05) is 18.0 Å². The predicted octanol–water partition coefficient (Wildman–Crippen LogP) is 1.49. The molecule has 17 heavy (non-hydrogen) atoms. The zero-order chi connectivity index (χ0) is 11.5. The lowest BCUT2D eigenvalue weighted by molar-refractivity contribution is 0.663. The third-order valence-corrected chi connectivity index (χ3v) is 3.24. The van der Waals surface area contributed by atoms with E-state index in [2.05, 4.69) is 44.7 Å². The van der Waals surface area contributed by atoms with Crippen LogP contribution in [0.5, 0.6) is 0 Å². The predicted molar refractivity (Wildman–Crippen MR) is 67.9 cm³/mol. The average Bonchev–Trinajstić information content (AvgIpc) is 3.22. The molecule has 0 bridgehead atoms. The molecule has 1 aromatic rings. The summed E-state index contributed by atoms with van der Waals surface area (Å²) in [6.07, 6.45) is 8.13. The smallest absolute Gasteiger partial charge is 0.151 e. The third kappa shape index (κ3) is 2.82. The van der Waals surface area contributed by atoms with Crippen LogP contribution in [0.3, 0.4) is 0 Å². The number of nitrogens with one attached hydrogen (secondary N) is 1. The van der Waals surface area contributed by atoms with Gasteiger partial charge in [0, 0.05) is 25.7 Å². The van der Waals surface area contributed by atoms with Gasteiger partial charge in [-0.1, -0.05) is 12.2 Å². The molecule has 0 spiro atoms. The first-order chi connectivity index (χ1) is 8.42. The lowest BCUT2D eigenvalue weighted by Gasteiger charge is -2.23. The normalized spacial score (nSPS) is 19.6. The summed E-state index contributed by atoms with van der Waals surface area (Å²) in [5.41, 5.74) is 1.04. The van der Waals surface area contributed by atoms with Crippen LogP contribution in [0.2, 0.25) is 0 Å². The van der Waals surface area contributed by atoms with Crippen molar-refractivity contribution in [2.24, 2.45) is 0 Å². The number of anilines is 1. The second-order valence-corrected chi connectivity index (χ2v) is 4.74. The maximum Gasteiger partial charge on any atom is 0.151 e. The van der Waals surface area contributed by atoms with Crippen LogP contribution in [0.15, 0.2) is 24.3 Å². The minimum atomic E-state index is 0.726. The van der Waals surface area contributed by atoms with Crippen LogP contribution in [-0.2, 0) is 6.54 Å². The summed E-state index contributed by atoms with van der Waals surface area (Å²) >= 11 is 0. The fourth-order valence-corrected chi connectivity index (χ4v) is 2.00. The van der Waals surface area contributed by atoms with Crippen molar-refractivity contribution in [1.29, 1.82) is 0 Å². The Morgan fingerprint density at radius 3 is 2.82 bits per heavy atom. The molecule has 0 saturated heterocycles. The van der Waals surface area contributed by atoms with Gasteiger partial charge in [-0.2, -0.15) is 5.10 Å². The molecule has 1 N–H and O–H groups in total. The minimum Gasteiger partial charge on any atom is -0.351 e. The van der Waals surface area contributed by atoms with Gasteiger partial charge in [-0.25, -0.2) is 0 Å².